The smallest absolute Gasteiger partial charge is 0.196 e. The Labute approximate surface area is 116 Å². The molecule has 1 unspecified atom stereocenters. The number of Topliss-reactive ketones (excluding diaryl/α,β-unsaturated/α-hetero) is 2. The Morgan fingerprint density at radius 1 is 1.00 bits per heavy atom. The number of benzene rings is 1. The van der Waals surface area contributed by atoms with Gasteiger partial charge in [-0.05, 0) is 6.42 Å². The predicted octanol–water partition coefficient (Wildman–Crippen LogP) is 1.21. The summed E-state index contributed by atoms with van der Waals surface area (Å²) in [7, 11) is 0. The molecular formula is C16H14N2O2. The van der Waals surface area contributed by atoms with Crippen LogP contribution in [0.1, 0.15) is 27.1 Å². The molecule has 0 spiro atoms. The first kappa shape index (κ1) is 11.6. The summed E-state index contributed by atoms with van der Waals surface area (Å²) in [5.41, 5.74) is 3.07. The molecule has 1 fully saturated rings. The molecular weight excluding hydrogens is 252 g/mol. The molecule has 2 N–H and O–H groups in total. The van der Waals surface area contributed by atoms with Crippen LogP contribution in [0.3, 0.4) is 0 Å². The molecule has 1 heterocycles. The van der Waals surface area contributed by atoms with Gasteiger partial charge in [0.1, 0.15) is 0 Å². The number of carbonyl (C=O) groups excluding carboxylic acids is 2. The fraction of sp³-hybridized carbons (Fsp3) is 0.250. The highest BCUT2D eigenvalue weighted by molar-refractivity contribution is 6.31. The first-order valence-corrected chi connectivity index (χ1v) is 6.88. The molecule has 0 amide bonds. The highest BCUT2D eigenvalue weighted by atomic mass is 16.1. The molecule has 1 aliphatic heterocycles. The van der Waals surface area contributed by atoms with Gasteiger partial charge in [0.05, 0.1) is 11.6 Å². The molecule has 4 nitrogen and oxygen atoms in total. The van der Waals surface area contributed by atoms with E-state index in [1.165, 1.54) is 0 Å². The van der Waals surface area contributed by atoms with E-state index in [1.807, 2.05) is 6.08 Å². The van der Waals surface area contributed by atoms with E-state index >= 15 is 0 Å². The Hall–Kier alpha value is -2.20. The molecule has 3 aliphatic rings. The minimum Gasteiger partial charge on any atom is -0.385 e. The fourth-order valence-electron chi connectivity index (χ4n) is 3.23. The van der Waals surface area contributed by atoms with Gasteiger partial charge in [-0.25, -0.2) is 0 Å². The Balaban J connectivity index is 1.96. The number of nitrogens with one attached hydrogen (secondary N) is 2. The van der Waals surface area contributed by atoms with E-state index in [0.29, 0.717) is 22.3 Å². The lowest BCUT2D eigenvalue weighted by Crippen LogP contribution is -2.49. The lowest BCUT2D eigenvalue weighted by atomic mass is 9.77. The monoisotopic (exact) mass is 266 g/mol. The van der Waals surface area contributed by atoms with Gasteiger partial charge in [0.15, 0.2) is 11.6 Å². The predicted molar refractivity (Wildman–Crippen MR) is 74.6 cm³/mol. The van der Waals surface area contributed by atoms with Crippen molar-refractivity contribution in [2.45, 2.75) is 12.5 Å². The van der Waals surface area contributed by atoms with Crippen molar-refractivity contribution in [1.29, 1.82) is 0 Å². The molecule has 1 aromatic rings. The molecule has 2 aliphatic carbocycles. The normalized spacial score (nSPS) is 24.4. The molecule has 20 heavy (non-hydrogen) atoms. The summed E-state index contributed by atoms with van der Waals surface area (Å²) in [5, 5.41) is 6.69. The molecule has 0 saturated carbocycles. The first-order valence-electron chi connectivity index (χ1n) is 6.88. The van der Waals surface area contributed by atoms with Crippen LogP contribution in [-0.4, -0.2) is 30.7 Å². The van der Waals surface area contributed by atoms with Crippen LogP contribution in [0.25, 0.3) is 0 Å². The van der Waals surface area contributed by atoms with E-state index in [1.54, 1.807) is 24.3 Å². The van der Waals surface area contributed by atoms with E-state index < -0.39 is 0 Å². The Morgan fingerprint density at radius 3 is 2.55 bits per heavy atom. The minimum absolute atomic E-state index is 0.0338. The molecule has 1 aromatic carbocycles. The molecule has 4 heteroatoms. The first-order chi connectivity index (χ1) is 9.77. The average molecular weight is 266 g/mol. The van der Waals surface area contributed by atoms with Crippen LogP contribution in [-0.2, 0) is 0 Å². The van der Waals surface area contributed by atoms with Crippen LogP contribution >= 0.6 is 0 Å². The quantitative estimate of drug-likeness (QED) is 0.741. The highest BCUT2D eigenvalue weighted by Gasteiger charge is 2.38. The maximum absolute atomic E-state index is 12.7. The lowest BCUT2D eigenvalue weighted by molar-refractivity contribution is 0.0968. The summed E-state index contributed by atoms with van der Waals surface area (Å²) in [6.07, 6.45) is 2.65. The highest BCUT2D eigenvalue weighted by Crippen LogP contribution is 2.35. The van der Waals surface area contributed by atoms with Crippen molar-refractivity contribution in [3.63, 3.8) is 0 Å². The van der Waals surface area contributed by atoms with E-state index in [4.69, 9.17) is 0 Å². The van der Waals surface area contributed by atoms with Gasteiger partial charge in [-0.1, -0.05) is 30.3 Å². The summed E-state index contributed by atoms with van der Waals surface area (Å²) in [4.78, 5) is 25.3. The van der Waals surface area contributed by atoms with Gasteiger partial charge in [-0.2, -0.15) is 0 Å². The zero-order chi connectivity index (χ0) is 13.7. The Bertz CT molecular complexity index is 700. The number of hydrogen-bond acceptors (Lipinski definition) is 4. The van der Waals surface area contributed by atoms with Crippen LogP contribution in [0.2, 0.25) is 0 Å². The maximum Gasteiger partial charge on any atom is 0.196 e. The Morgan fingerprint density at radius 2 is 1.75 bits per heavy atom. The largest absolute Gasteiger partial charge is 0.385 e. The third kappa shape index (κ3) is 1.45. The van der Waals surface area contributed by atoms with Crippen molar-refractivity contribution in [3.8, 4) is 0 Å². The van der Waals surface area contributed by atoms with Crippen LogP contribution in [0.15, 0.2) is 47.2 Å². The fourth-order valence-corrected chi connectivity index (χ4v) is 3.23. The van der Waals surface area contributed by atoms with Crippen molar-refractivity contribution in [2.24, 2.45) is 0 Å². The molecule has 1 atom stereocenters. The number of piperazine rings is 1. The van der Waals surface area contributed by atoms with Gasteiger partial charge >= 0.3 is 0 Å². The number of carbonyl (C=O) groups is 2. The van der Waals surface area contributed by atoms with E-state index in [0.717, 1.165) is 25.2 Å². The topological polar surface area (TPSA) is 58.2 Å². The molecule has 100 valence electrons. The second-order valence-electron chi connectivity index (χ2n) is 5.28. The van der Waals surface area contributed by atoms with Crippen molar-refractivity contribution in [3.05, 3.63) is 58.3 Å². The lowest BCUT2D eigenvalue weighted by Gasteiger charge is -2.35. The van der Waals surface area contributed by atoms with Crippen LogP contribution in [0.4, 0.5) is 0 Å². The molecule has 4 rings (SSSR count). The minimum atomic E-state index is -0.0395. The molecule has 0 bridgehead atoms. The molecule has 0 radical (unpaired) electrons. The SMILES string of the molecule is O=C1C2=CCC3NCCNC3=C2C(=O)c2ccccc21. The summed E-state index contributed by atoms with van der Waals surface area (Å²) in [5.74, 6) is -0.0733. The standard InChI is InChI=1S/C16H14N2O2/c19-15-9-3-1-2-4-10(9)16(20)13-11(15)5-6-12-14(13)18-8-7-17-12/h1-5,12,17-18H,6-8H2. The van der Waals surface area contributed by atoms with E-state index in [-0.39, 0.29) is 17.6 Å². The summed E-state index contributed by atoms with van der Waals surface area (Å²) in [6, 6.07) is 7.20. The zero-order valence-corrected chi connectivity index (χ0v) is 10.9. The third-order valence-corrected chi connectivity index (χ3v) is 4.16. The summed E-state index contributed by atoms with van der Waals surface area (Å²) < 4.78 is 0. The molecule has 0 aromatic heterocycles. The number of rotatable bonds is 0. The van der Waals surface area contributed by atoms with Crippen LogP contribution < -0.4 is 10.6 Å². The number of ketones is 2. The summed E-state index contributed by atoms with van der Waals surface area (Å²) in [6.45, 7) is 1.66. The number of fused-ring (bicyclic) bond motifs is 3. The van der Waals surface area contributed by atoms with E-state index in [9.17, 15) is 9.59 Å². The van der Waals surface area contributed by atoms with Gasteiger partial charge in [0, 0.05) is 35.5 Å². The second-order valence-corrected chi connectivity index (χ2v) is 5.28. The average Bonchev–Trinajstić information content (AvgIpc) is 2.51. The number of hydrogen-bond donors (Lipinski definition) is 2. The van der Waals surface area contributed by atoms with Crippen LogP contribution in [0.5, 0.6) is 0 Å². The maximum atomic E-state index is 12.7. The third-order valence-electron chi connectivity index (χ3n) is 4.16. The van der Waals surface area contributed by atoms with E-state index in [2.05, 4.69) is 10.6 Å². The van der Waals surface area contributed by atoms with Gasteiger partial charge < -0.3 is 10.6 Å². The van der Waals surface area contributed by atoms with Gasteiger partial charge in [-0.3, -0.25) is 9.59 Å². The van der Waals surface area contributed by atoms with Gasteiger partial charge in [0.2, 0.25) is 0 Å². The van der Waals surface area contributed by atoms with Crippen LogP contribution in [0, 0.1) is 0 Å². The van der Waals surface area contributed by atoms with Gasteiger partial charge in [-0.15, -0.1) is 0 Å². The zero-order valence-electron chi connectivity index (χ0n) is 10.9. The Kier molecular flexibility index (Phi) is 2.41. The van der Waals surface area contributed by atoms with Crippen molar-refractivity contribution in [1.82, 2.24) is 10.6 Å². The molecule has 1 saturated heterocycles. The van der Waals surface area contributed by atoms with Gasteiger partial charge in [0.25, 0.3) is 0 Å². The second kappa shape index (κ2) is 4.15. The number of allylic oxidation sites excluding steroid dienone is 2. The van der Waals surface area contributed by atoms with Crippen molar-refractivity contribution < 1.29 is 9.59 Å². The summed E-state index contributed by atoms with van der Waals surface area (Å²) >= 11 is 0. The van der Waals surface area contributed by atoms with Crippen molar-refractivity contribution in [2.75, 3.05) is 13.1 Å². The van der Waals surface area contributed by atoms with Crippen molar-refractivity contribution >= 4 is 11.6 Å².